The molecule has 0 spiro atoms. The van der Waals surface area contributed by atoms with E-state index in [2.05, 4.69) is 9.88 Å². The smallest absolute Gasteiger partial charge is 0.303 e. The fourth-order valence-corrected chi connectivity index (χ4v) is 5.25. The van der Waals surface area contributed by atoms with Crippen molar-refractivity contribution >= 4 is 74.3 Å². The van der Waals surface area contributed by atoms with Gasteiger partial charge in [-0.2, -0.15) is 0 Å². The molecule has 0 unspecified atom stereocenters. The van der Waals surface area contributed by atoms with Crippen LogP contribution in [0.1, 0.15) is 30.6 Å². The highest BCUT2D eigenvalue weighted by Crippen LogP contribution is 2.37. The fraction of sp³-hybridized carbons (Fsp3) is 0.467. The standard InChI is InChI=1S/C15H16ClN3O3S3/c16-12-9(24-14(17-12)18-5-1-2-6-18)8-10-13(22)19(15(23)25-10)7-3-4-11(20)21/h8H,1-7H2,(H,20,21). The molecular formula is C15H16ClN3O3S3. The van der Waals surface area contributed by atoms with Gasteiger partial charge in [-0.15, -0.1) is 0 Å². The van der Waals surface area contributed by atoms with Crippen molar-refractivity contribution in [1.29, 1.82) is 0 Å². The number of nitrogens with zero attached hydrogens (tertiary/aromatic N) is 3. The monoisotopic (exact) mass is 417 g/mol. The lowest BCUT2D eigenvalue weighted by molar-refractivity contribution is -0.137. The third-order valence-corrected chi connectivity index (χ3v) is 6.72. The molecule has 10 heteroatoms. The van der Waals surface area contributed by atoms with E-state index in [0.29, 0.717) is 27.3 Å². The Morgan fingerprint density at radius 2 is 2.12 bits per heavy atom. The van der Waals surface area contributed by atoms with Crippen molar-refractivity contribution in [2.45, 2.75) is 25.7 Å². The molecule has 1 N–H and O–H groups in total. The Hall–Kier alpha value is -1.16. The maximum Gasteiger partial charge on any atom is 0.303 e. The predicted octanol–water partition coefficient (Wildman–Crippen LogP) is 3.46. The van der Waals surface area contributed by atoms with Crippen LogP contribution in [0, 0.1) is 0 Å². The number of anilines is 1. The van der Waals surface area contributed by atoms with Gasteiger partial charge in [0.2, 0.25) is 0 Å². The van der Waals surface area contributed by atoms with Crippen LogP contribution in [0.5, 0.6) is 0 Å². The van der Waals surface area contributed by atoms with Gasteiger partial charge in [-0.1, -0.05) is 46.9 Å². The Labute approximate surface area is 163 Å². The van der Waals surface area contributed by atoms with E-state index in [0.717, 1.165) is 35.9 Å². The van der Waals surface area contributed by atoms with E-state index in [4.69, 9.17) is 28.9 Å². The van der Waals surface area contributed by atoms with Gasteiger partial charge in [0.15, 0.2) is 5.13 Å². The fourth-order valence-electron chi connectivity index (χ4n) is 2.64. The predicted molar refractivity (Wildman–Crippen MR) is 105 cm³/mol. The van der Waals surface area contributed by atoms with Gasteiger partial charge >= 0.3 is 5.97 Å². The third-order valence-electron chi connectivity index (χ3n) is 3.88. The normalized spacial score (nSPS) is 19.5. The first-order valence-electron chi connectivity index (χ1n) is 7.84. The van der Waals surface area contributed by atoms with Crippen molar-refractivity contribution in [3.05, 3.63) is 14.9 Å². The Balaban J connectivity index is 1.72. The van der Waals surface area contributed by atoms with E-state index < -0.39 is 5.97 Å². The van der Waals surface area contributed by atoms with E-state index in [1.165, 1.54) is 28.0 Å². The van der Waals surface area contributed by atoms with Crippen molar-refractivity contribution < 1.29 is 14.7 Å². The third kappa shape index (κ3) is 4.33. The number of carbonyl (C=O) groups excluding carboxylic acids is 1. The molecule has 1 aromatic rings. The summed E-state index contributed by atoms with van der Waals surface area (Å²) in [5.41, 5.74) is 0. The molecule has 0 aromatic carbocycles. The molecular weight excluding hydrogens is 402 g/mol. The maximum absolute atomic E-state index is 12.5. The number of hydrogen-bond donors (Lipinski definition) is 1. The van der Waals surface area contributed by atoms with Crippen molar-refractivity contribution in [3.8, 4) is 0 Å². The lowest BCUT2D eigenvalue weighted by atomic mass is 10.3. The van der Waals surface area contributed by atoms with Crippen molar-refractivity contribution in [1.82, 2.24) is 9.88 Å². The van der Waals surface area contributed by atoms with Crippen LogP contribution < -0.4 is 4.90 Å². The number of thiazole rings is 1. The number of carboxylic acid groups (broad SMARTS) is 1. The zero-order chi connectivity index (χ0) is 18.0. The first-order valence-corrected chi connectivity index (χ1v) is 10.3. The molecule has 0 atom stereocenters. The second-order valence-corrected chi connectivity index (χ2v) is 8.72. The average Bonchev–Trinajstić information content (AvgIpc) is 3.25. The average molecular weight is 418 g/mol. The van der Waals surface area contributed by atoms with Gasteiger partial charge in [0, 0.05) is 26.1 Å². The summed E-state index contributed by atoms with van der Waals surface area (Å²) in [6.45, 7) is 2.27. The molecule has 3 heterocycles. The van der Waals surface area contributed by atoms with Gasteiger partial charge < -0.3 is 10.0 Å². The van der Waals surface area contributed by atoms with Crippen LogP contribution in [0.3, 0.4) is 0 Å². The molecule has 0 bridgehead atoms. The molecule has 2 aliphatic rings. The lowest BCUT2D eigenvalue weighted by Gasteiger charge is -2.13. The first kappa shape index (κ1) is 18.6. The number of aromatic nitrogens is 1. The minimum Gasteiger partial charge on any atom is -0.481 e. The second kappa shape index (κ2) is 8.03. The molecule has 2 saturated heterocycles. The highest BCUT2D eigenvalue weighted by atomic mass is 35.5. The zero-order valence-electron chi connectivity index (χ0n) is 13.2. The summed E-state index contributed by atoms with van der Waals surface area (Å²) in [5, 5.41) is 9.98. The number of amides is 1. The van der Waals surface area contributed by atoms with Crippen LogP contribution in [0.4, 0.5) is 5.13 Å². The Morgan fingerprint density at radius 3 is 2.80 bits per heavy atom. The number of thiocarbonyl (C=S) groups is 1. The molecule has 1 aromatic heterocycles. The number of aliphatic carboxylic acids is 1. The second-order valence-electron chi connectivity index (χ2n) is 5.68. The number of carboxylic acids is 1. The minimum absolute atomic E-state index is 0.00990. The SMILES string of the molecule is O=C(O)CCCN1C(=O)C(=Cc2sc(N3CCCC3)nc2Cl)SC1=S. The van der Waals surface area contributed by atoms with Crippen LogP contribution in [-0.4, -0.2) is 50.8 Å². The quantitative estimate of drug-likeness (QED) is 0.561. The number of carbonyl (C=O) groups is 2. The Bertz CT molecular complexity index is 744. The maximum atomic E-state index is 12.5. The van der Waals surface area contributed by atoms with Gasteiger partial charge in [-0.25, -0.2) is 4.98 Å². The van der Waals surface area contributed by atoms with Gasteiger partial charge in [0.25, 0.3) is 5.91 Å². The first-order chi connectivity index (χ1) is 12.0. The van der Waals surface area contributed by atoms with E-state index in [1.54, 1.807) is 6.08 Å². The van der Waals surface area contributed by atoms with Crippen LogP contribution >= 0.6 is 46.9 Å². The summed E-state index contributed by atoms with van der Waals surface area (Å²) in [4.78, 5) is 32.4. The van der Waals surface area contributed by atoms with E-state index in [9.17, 15) is 9.59 Å². The summed E-state index contributed by atoms with van der Waals surface area (Å²) in [6.07, 6.45) is 4.42. The van der Waals surface area contributed by atoms with Crippen LogP contribution in [0.2, 0.25) is 5.15 Å². The van der Waals surface area contributed by atoms with Crippen LogP contribution in [0.25, 0.3) is 6.08 Å². The number of hydrogen-bond acceptors (Lipinski definition) is 7. The molecule has 3 rings (SSSR count). The summed E-state index contributed by atoms with van der Waals surface area (Å²) in [7, 11) is 0. The molecule has 134 valence electrons. The van der Waals surface area contributed by atoms with E-state index >= 15 is 0 Å². The highest BCUT2D eigenvalue weighted by Gasteiger charge is 2.32. The van der Waals surface area contributed by atoms with E-state index in [1.807, 2.05) is 0 Å². The summed E-state index contributed by atoms with van der Waals surface area (Å²) in [5.74, 6) is -1.08. The summed E-state index contributed by atoms with van der Waals surface area (Å²) < 4.78 is 0.446. The summed E-state index contributed by atoms with van der Waals surface area (Å²) in [6, 6.07) is 0. The number of rotatable bonds is 6. The molecule has 6 nitrogen and oxygen atoms in total. The van der Waals surface area contributed by atoms with Crippen LogP contribution in [0.15, 0.2) is 4.91 Å². The van der Waals surface area contributed by atoms with Crippen molar-refractivity contribution in [3.63, 3.8) is 0 Å². The van der Waals surface area contributed by atoms with Crippen molar-refractivity contribution in [2.24, 2.45) is 0 Å². The molecule has 1 amide bonds. The molecule has 2 aliphatic heterocycles. The van der Waals surface area contributed by atoms with Gasteiger partial charge in [0.05, 0.1) is 9.78 Å². The van der Waals surface area contributed by atoms with Gasteiger partial charge in [-0.05, 0) is 25.3 Å². The largest absolute Gasteiger partial charge is 0.481 e. The zero-order valence-corrected chi connectivity index (χ0v) is 16.4. The van der Waals surface area contributed by atoms with Crippen LogP contribution in [-0.2, 0) is 9.59 Å². The summed E-state index contributed by atoms with van der Waals surface area (Å²) >= 11 is 14.2. The molecule has 2 fully saturated rings. The molecule has 25 heavy (non-hydrogen) atoms. The van der Waals surface area contributed by atoms with E-state index in [-0.39, 0.29) is 12.3 Å². The minimum atomic E-state index is -0.883. The van der Waals surface area contributed by atoms with Gasteiger partial charge in [-0.3, -0.25) is 14.5 Å². The molecule has 0 saturated carbocycles. The van der Waals surface area contributed by atoms with Crippen molar-refractivity contribution in [2.75, 3.05) is 24.5 Å². The Kier molecular flexibility index (Phi) is 5.98. The number of thioether (sulfide) groups is 1. The lowest BCUT2D eigenvalue weighted by Crippen LogP contribution is -2.29. The molecule has 0 aliphatic carbocycles. The topological polar surface area (TPSA) is 73.7 Å². The highest BCUT2D eigenvalue weighted by molar-refractivity contribution is 8.26. The van der Waals surface area contributed by atoms with Gasteiger partial charge in [0.1, 0.15) is 9.47 Å². The molecule has 0 radical (unpaired) electrons. The Morgan fingerprint density at radius 1 is 1.40 bits per heavy atom. The number of halogens is 1.